The standard InChI is InChI=1S/C9H10N4/c1-7-3-5-8(6-4-7)9-10-12-13(2)11-9/h3-6H,1-2H3. The maximum absolute atomic E-state index is 4.11. The Kier molecular flexibility index (Phi) is 1.81. The monoisotopic (exact) mass is 174 g/mol. The van der Waals surface area contributed by atoms with Crippen molar-refractivity contribution < 1.29 is 0 Å². The van der Waals surface area contributed by atoms with Crippen molar-refractivity contribution in [3.8, 4) is 11.4 Å². The highest BCUT2D eigenvalue weighted by Crippen LogP contribution is 2.13. The average molecular weight is 174 g/mol. The first-order chi connectivity index (χ1) is 6.25. The van der Waals surface area contributed by atoms with Gasteiger partial charge in [-0.2, -0.15) is 4.80 Å². The first-order valence-electron chi connectivity index (χ1n) is 4.07. The van der Waals surface area contributed by atoms with E-state index in [0.717, 1.165) is 5.56 Å². The molecule has 66 valence electrons. The lowest BCUT2D eigenvalue weighted by atomic mass is 10.1. The fraction of sp³-hybridized carbons (Fsp3) is 0.222. The summed E-state index contributed by atoms with van der Waals surface area (Å²) in [7, 11) is 1.75. The van der Waals surface area contributed by atoms with Crippen LogP contribution >= 0.6 is 0 Å². The third kappa shape index (κ3) is 1.56. The van der Waals surface area contributed by atoms with Gasteiger partial charge in [-0.15, -0.1) is 10.2 Å². The number of aromatic nitrogens is 4. The molecule has 0 atom stereocenters. The minimum absolute atomic E-state index is 0.669. The lowest BCUT2D eigenvalue weighted by Crippen LogP contribution is -1.91. The molecule has 1 heterocycles. The van der Waals surface area contributed by atoms with Gasteiger partial charge in [0.05, 0.1) is 7.05 Å². The van der Waals surface area contributed by atoms with Gasteiger partial charge < -0.3 is 0 Å². The summed E-state index contributed by atoms with van der Waals surface area (Å²) in [5.74, 6) is 0.669. The molecule has 0 fully saturated rings. The number of benzene rings is 1. The Morgan fingerprint density at radius 2 is 1.85 bits per heavy atom. The molecule has 0 amide bonds. The van der Waals surface area contributed by atoms with Crippen molar-refractivity contribution in [1.82, 2.24) is 20.2 Å². The van der Waals surface area contributed by atoms with Crippen molar-refractivity contribution in [3.63, 3.8) is 0 Å². The molecule has 0 unspecified atom stereocenters. The zero-order valence-electron chi connectivity index (χ0n) is 7.60. The molecular weight excluding hydrogens is 164 g/mol. The van der Waals surface area contributed by atoms with E-state index in [9.17, 15) is 0 Å². The van der Waals surface area contributed by atoms with Crippen LogP contribution in [-0.4, -0.2) is 20.2 Å². The minimum atomic E-state index is 0.669. The predicted octanol–water partition coefficient (Wildman–Crippen LogP) is 1.19. The van der Waals surface area contributed by atoms with Crippen LogP contribution in [-0.2, 0) is 7.05 Å². The number of aryl methyl sites for hydroxylation is 2. The van der Waals surface area contributed by atoms with E-state index in [1.165, 1.54) is 10.4 Å². The molecule has 4 nitrogen and oxygen atoms in total. The number of tetrazole rings is 1. The maximum atomic E-state index is 4.11. The molecule has 2 aromatic rings. The van der Waals surface area contributed by atoms with Gasteiger partial charge in [-0.25, -0.2) is 0 Å². The predicted molar refractivity (Wildman–Crippen MR) is 49.0 cm³/mol. The second-order valence-corrected chi connectivity index (χ2v) is 2.97. The number of hydrogen-bond donors (Lipinski definition) is 0. The molecule has 1 aromatic carbocycles. The van der Waals surface area contributed by atoms with Gasteiger partial charge in [0.2, 0.25) is 5.82 Å². The zero-order chi connectivity index (χ0) is 9.26. The maximum Gasteiger partial charge on any atom is 0.204 e. The first kappa shape index (κ1) is 7.91. The molecular formula is C9H10N4. The molecule has 13 heavy (non-hydrogen) atoms. The van der Waals surface area contributed by atoms with E-state index in [0.29, 0.717) is 5.82 Å². The van der Waals surface area contributed by atoms with Crippen LogP contribution in [0.1, 0.15) is 5.56 Å². The van der Waals surface area contributed by atoms with E-state index in [-0.39, 0.29) is 0 Å². The lowest BCUT2D eigenvalue weighted by molar-refractivity contribution is 0.630. The summed E-state index contributed by atoms with van der Waals surface area (Å²) in [6.45, 7) is 2.05. The smallest absolute Gasteiger partial charge is 0.167 e. The number of nitrogens with zero attached hydrogens (tertiary/aromatic N) is 4. The summed E-state index contributed by atoms with van der Waals surface area (Å²) in [5.41, 5.74) is 2.23. The van der Waals surface area contributed by atoms with Crippen LogP contribution in [0.5, 0.6) is 0 Å². The van der Waals surface area contributed by atoms with Crippen LogP contribution in [0.2, 0.25) is 0 Å². The number of rotatable bonds is 1. The SMILES string of the molecule is Cc1ccc(-c2nnn(C)n2)cc1. The van der Waals surface area contributed by atoms with Crippen LogP contribution < -0.4 is 0 Å². The van der Waals surface area contributed by atoms with Crippen LogP contribution in [0, 0.1) is 6.92 Å². The van der Waals surface area contributed by atoms with Crippen molar-refractivity contribution in [1.29, 1.82) is 0 Å². The molecule has 4 heteroatoms. The Hall–Kier alpha value is -1.71. The third-order valence-corrected chi connectivity index (χ3v) is 1.82. The van der Waals surface area contributed by atoms with Crippen LogP contribution in [0.15, 0.2) is 24.3 Å². The van der Waals surface area contributed by atoms with E-state index in [2.05, 4.69) is 15.4 Å². The largest absolute Gasteiger partial charge is 0.204 e. The molecule has 0 aliphatic carbocycles. The van der Waals surface area contributed by atoms with Gasteiger partial charge in [-0.3, -0.25) is 0 Å². The van der Waals surface area contributed by atoms with E-state index in [1.54, 1.807) is 7.05 Å². The molecule has 0 aliphatic rings. The number of hydrogen-bond acceptors (Lipinski definition) is 3. The summed E-state index contributed by atoms with van der Waals surface area (Å²) in [5, 5.41) is 11.8. The summed E-state index contributed by atoms with van der Waals surface area (Å²) >= 11 is 0. The Morgan fingerprint density at radius 3 is 2.38 bits per heavy atom. The normalized spacial score (nSPS) is 10.3. The Balaban J connectivity index is 2.41. The second kappa shape index (κ2) is 2.97. The van der Waals surface area contributed by atoms with E-state index in [1.807, 2.05) is 31.2 Å². The van der Waals surface area contributed by atoms with Gasteiger partial charge in [-0.05, 0) is 12.1 Å². The molecule has 0 N–H and O–H groups in total. The Bertz CT molecular complexity index is 402. The summed E-state index contributed by atoms with van der Waals surface area (Å²) < 4.78 is 0. The van der Waals surface area contributed by atoms with Gasteiger partial charge in [0.15, 0.2) is 0 Å². The molecule has 0 saturated carbocycles. The van der Waals surface area contributed by atoms with Gasteiger partial charge in [0.25, 0.3) is 0 Å². The molecule has 0 saturated heterocycles. The van der Waals surface area contributed by atoms with Crippen LogP contribution in [0.4, 0.5) is 0 Å². The molecule has 2 rings (SSSR count). The highest BCUT2D eigenvalue weighted by atomic mass is 15.6. The summed E-state index contributed by atoms with van der Waals surface area (Å²) in [6, 6.07) is 8.05. The van der Waals surface area contributed by atoms with Gasteiger partial charge in [-0.1, -0.05) is 29.8 Å². The van der Waals surface area contributed by atoms with Gasteiger partial charge in [0.1, 0.15) is 0 Å². The van der Waals surface area contributed by atoms with Crippen molar-refractivity contribution in [3.05, 3.63) is 29.8 Å². The molecule has 0 spiro atoms. The van der Waals surface area contributed by atoms with E-state index in [4.69, 9.17) is 0 Å². The van der Waals surface area contributed by atoms with Crippen LogP contribution in [0.25, 0.3) is 11.4 Å². The summed E-state index contributed by atoms with van der Waals surface area (Å²) in [6.07, 6.45) is 0. The highest BCUT2D eigenvalue weighted by molar-refractivity contribution is 5.53. The van der Waals surface area contributed by atoms with E-state index < -0.39 is 0 Å². The fourth-order valence-corrected chi connectivity index (χ4v) is 1.10. The van der Waals surface area contributed by atoms with Crippen LogP contribution in [0.3, 0.4) is 0 Å². The Morgan fingerprint density at radius 1 is 1.15 bits per heavy atom. The van der Waals surface area contributed by atoms with Crippen molar-refractivity contribution in [2.24, 2.45) is 7.05 Å². The van der Waals surface area contributed by atoms with Gasteiger partial charge >= 0.3 is 0 Å². The molecule has 1 aromatic heterocycles. The molecule has 0 bridgehead atoms. The minimum Gasteiger partial charge on any atom is -0.167 e. The quantitative estimate of drug-likeness (QED) is 0.652. The summed E-state index contributed by atoms with van der Waals surface area (Å²) in [4.78, 5) is 1.45. The van der Waals surface area contributed by atoms with Gasteiger partial charge in [0, 0.05) is 5.56 Å². The molecule has 0 radical (unpaired) electrons. The lowest BCUT2D eigenvalue weighted by Gasteiger charge is -1.94. The first-order valence-corrected chi connectivity index (χ1v) is 4.07. The highest BCUT2D eigenvalue weighted by Gasteiger charge is 2.02. The topological polar surface area (TPSA) is 43.6 Å². The average Bonchev–Trinajstić information content (AvgIpc) is 2.53. The zero-order valence-corrected chi connectivity index (χ0v) is 7.60. The second-order valence-electron chi connectivity index (χ2n) is 2.97. The van der Waals surface area contributed by atoms with Crippen molar-refractivity contribution in [2.45, 2.75) is 6.92 Å². The third-order valence-electron chi connectivity index (χ3n) is 1.82. The molecule has 0 aliphatic heterocycles. The van der Waals surface area contributed by atoms with Crippen molar-refractivity contribution in [2.75, 3.05) is 0 Å². The Labute approximate surface area is 76.2 Å². The van der Waals surface area contributed by atoms with E-state index >= 15 is 0 Å². The van der Waals surface area contributed by atoms with Crippen molar-refractivity contribution >= 4 is 0 Å². The fourth-order valence-electron chi connectivity index (χ4n) is 1.10.